The first kappa shape index (κ1) is 19.3. The summed E-state index contributed by atoms with van der Waals surface area (Å²) in [4.78, 5) is 8.21. The van der Waals surface area contributed by atoms with Crippen molar-refractivity contribution in [2.45, 2.75) is 23.6 Å². The zero-order valence-corrected chi connectivity index (χ0v) is 16.8. The smallest absolute Gasteiger partial charge is 0.264 e. The molecule has 11 heteroatoms. The van der Waals surface area contributed by atoms with Crippen molar-refractivity contribution in [2.75, 3.05) is 9.44 Å². The molecule has 1 aromatic carbocycles. The highest BCUT2D eigenvalue weighted by atomic mass is 32.2. The highest BCUT2D eigenvalue weighted by Gasteiger charge is 2.18. The Labute approximate surface area is 161 Å². The molecule has 3 aromatic rings. The van der Waals surface area contributed by atoms with Crippen LogP contribution in [-0.4, -0.2) is 26.8 Å². The molecule has 0 saturated heterocycles. The van der Waals surface area contributed by atoms with Crippen LogP contribution in [0.3, 0.4) is 0 Å². The number of benzene rings is 1. The van der Waals surface area contributed by atoms with E-state index in [-0.39, 0.29) is 21.4 Å². The summed E-state index contributed by atoms with van der Waals surface area (Å²) in [6.07, 6.45) is 0. The van der Waals surface area contributed by atoms with Gasteiger partial charge in [0.2, 0.25) is 5.95 Å². The van der Waals surface area contributed by atoms with Crippen LogP contribution in [0.2, 0.25) is 0 Å². The van der Waals surface area contributed by atoms with Gasteiger partial charge < -0.3 is 0 Å². The van der Waals surface area contributed by atoms with Crippen molar-refractivity contribution < 1.29 is 16.8 Å². The first-order valence-corrected chi connectivity index (χ1v) is 11.6. The summed E-state index contributed by atoms with van der Waals surface area (Å²) in [5.74, 6) is -0.0188. The fourth-order valence-corrected chi connectivity index (χ4v) is 5.30. The average Bonchev–Trinajstić information content (AvgIpc) is 3.09. The van der Waals surface area contributed by atoms with Gasteiger partial charge in [0.25, 0.3) is 20.0 Å². The second kappa shape index (κ2) is 7.25. The number of aryl methyl sites for hydroxylation is 2. The number of rotatable bonds is 6. The lowest BCUT2D eigenvalue weighted by Crippen LogP contribution is -2.16. The lowest BCUT2D eigenvalue weighted by atomic mass is 10.3. The second-order valence-electron chi connectivity index (χ2n) is 5.67. The van der Waals surface area contributed by atoms with E-state index in [1.54, 1.807) is 25.3 Å². The first-order chi connectivity index (χ1) is 12.7. The zero-order valence-electron chi connectivity index (χ0n) is 14.4. The van der Waals surface area contributed by atoms with E-state index in [2.05, 4.69) is 19.4 Å². The minimum atomic E-state index is -3.90. The van der Waals surface area contributed by atoms with Gasteiger partial charge in [-0.15, -0.1) is 0 Å². The monoisotopic (exact) mass is 424 g/mol. The molecule has 0 fully saturated rings. The summed E-state index contributed by atoms with van der Waals surface area (Å²) >= 11 is 1.27. The molecule has 2 heterocycles. The van der Waals surface area contributed by atoms with Crippen LogP contribution in [0, 0.1) is 13.8 Å². The Morgan fingerprint density at radius 2 is 1.41 bits per heavy atom. The molecule has 0 aliphatic heterocycles. The van der Waals surface area contributed by atoms with Crippen molar-refractivity contribution in [1.29, 1.82) is 0 Å². The van der Waals surface area contributed by atoms with E-state index in [4.69, 9.17) is 0 Å². The van der Waals surface area contributed by atoms with Crippen LogP contribution >= 0.6 is 11.3 Å². The number of thiophene rings is 1. The number of sulfonamides is 2. The maximum Gasteiger partial charge on any atom is 0.264 e. The lowest BCUT2D eigenvalue weighted by molar-refractivity contribution is 0.600. The van der Waals surface area contributed by atoms with Crippen molar-refractivity contribution >= 4 is 43.0 Å². The van der Waals surface area contributed by atoms with Crippen LogP contribution in [0.5, 0.6) is 0 Å². The van der Waals surface area contributed by atoms with Gasteiger partial charge in [0.15, 0.2) is 0 Å². The number of hydrogen-bond acceptors (Lipinski definition) is 7. The van der Waals surface area contributed by atoms with Crippen LogP contribution in [0.25, 0.3) is 0 Å². The Bertz CT molecular complexity index is 1140. The molecular weight excluding hydrogens is 408 g/mol. The predicted molar refractivity (Wildman–Crippen MR) is 104 cm³/mol. The number of aromatic nitrogens is 2. The molecule has 0 aliphatic rings. The van der Waals surface area contributed by atoms with Gasteiger partial charge in [-0.05, 0) is 55.6 Å². The molecule has 0 amide bonds. The van der Waals surface area contributed by atoms with Gasteiger partial charge in [-0.25, -0.2) is 31.5 Å². The van der Waals surface area contributed by atoms with Gasteiger partial charge in [0, 0.05) is 22.5 Å². The SMILES string of the molecule is Cc1cc(C)nc(NS(=O)(=O)c2ccc(NS(=O)(=O)c3ccsc3)cc2)n1. The standard InChI is InChI=1S/C16H16N4O4S3/c1-11-9-12(2)18-16(17-11)20-26(21,22)14-5-3-13(4-6-14)19-27(23,24)15-7-8-25-10-15/h3-10,19H,1-2H3,(H,17,18,20). The van der Waals surface area contributed by atoms with E-state index in [9.17, 15) is 16.8 Å². The third-order valence-electron chi connectivity index (χ3n) is 3.43. The second-order valence-corrected chi connectivity index (χ2v) is 9.81. The first-order valence-electron chi connectivity index (χ1n) is 7.66. The summed E-state index contributed by atoms with van der Waals surface area (Å²) in [6.45, 7) is 3.47. The largest absolute Gasteiger partial charge is 0.280 e. The zero-order chi connectivity index (χ0) is 19.7. The van der Waals surface area contributed by atoms with Crippen LogP contribution in [0.15, 0.2) is 56.9 Å². The minimum absolute atomic E-state index is 0.0188. The Morgan fingerprint density at radius 3 is 1.96 bits per heavy atom. The molecule has 3 rings (SSSR count). The Hall–Kier alpha value is -2.50. The summed E-state index contributed by atoms with van der Waals surface area (Å²) in [5.41, 5.74) is 1.53. The Morgan fingerprint density at radius 1 is 0.815 bits per heavy atom. The molecule has 8 nitrogen and oxygen atoms in total. The third-order valence-corrected chi connectivity index (χ3v) is 6.99. The van der Waals surface area contributed by atoms with Crippen molar-refractivity contribution in [3.63, 3.8) is 0 Å². The normalized spacial score (nSPS) is 11.9. The fourth-order valence-electron chi connectivity index (χ4n) is 2.27. The van der Waals surface area contributed by atoms with Gasteiger partial charge in [0.1, 0.15) is 0 Å². The van der Waals surface area contributed by atoms with Crippen molar-refractivity contribution in [1.82, 2.24) is 9.97 Å². The molecule has 0 bridgehead atoms. The summed E-state index contributed by atoms with van der Waals surface area (Å²) < 4.78 is 54.1. The van der Waals surface area contributed by atoms with E-state index in [1.807, 2.05) is 0 Å². The summed E-state index contributed by atoms with van der Waals surface area (Å²) in [6, 6.07) is 8.57. The van der Waals surface area contributed by atoms with E-state index in [0.717, 1.165) is 0 Å². The molecule has 0 atom stereocenters. The highest BCUT2D eigenvalue weighted by Crippen LogP contribution is 2.21. The molecule has 0 unspecified atom stereocenters. The van der Waals surface area contributed by atoms with E-state index >= 15 is 0 Å². The molecule has 0 spiro atoms. The van der Waals surface area contributed by atoms with Crippen LogP contribution < -0.4 is 9.44 Å². The van der Waals surface area contributed by atoms with Gasteiger partial charge >= 0.3 is 0 Å². The molecule has 142 valence electrons. The number of nitrogens with zero attached hydrogens (tertiary/aromatic N) is 2. The predicted octanol–water partition coefficient (Wildman–Crippen LogP) is 2.76. The van der Waals surface area contributed by atoms with Gasteiger partial charge in [-0.1, -0.05) is 0 Å². The van der Waals surface area contributed by atoms with E-state index in [0.29, 0.717) is 11.4 Å². The lowest BCUT2D eigenvalue weighted by Gasteiger charge is -2.10. The third kappa shape index (κ3) is 4.62. The molecule has 27 heavy (non-hydrogen) atoms. The quantitative estimate of drug-likeness (QED) is 0.628. The van der Waals surface area contributed by atoms with Gasteiger partial charge in [-0.2, -0.15) is 11.3 Å². The number of nitrogens with one attached hydrogen (secondary N) is 2. The van der Waals surface area contributed by atoms with E-state index in [1.165, 1.54) is 47.0 Å². The Kier molecular flexibility index (Phi) is 5.18. The topological polar surface area (TPSA) is 118 Å². The minimum Gasteiger partial charge on any atom is -0.280 e. The van der Waals surface area contributed by atoms with Gasteiger partial charge in [0.05, 0.1) is 9.79 Å². The van der Waals surface area contributed by atoms with Crippen LogP contribution in [0.4, 0.5) is 11.6 Å². The molecule has 2 N–H and O–H groups in total. The van der Waals surface area contributed by atoms with Gasteiger partial charge in [-0.3, -0.25) is 4.72 Å². The van der Waals surface area contributed by atoms with Crippen molar-refractivity contribution in [3.05, 3.63) is 58.5 Å². The maximum atomic E-state index is 12.5. The molecule has 0 radical (unpaired) electrons. The average molecular weight is 425 g/mol. The number of hydrogen-bond donors (Lipinski definition) is 2. The van der Waals surface area contributed by atoms with Crippen molar-refractivity contribution in [2.24, 2.45) is 0 Å². The van der Waals surface area contributed by atoms with Crippen molar-refractivity contribution in [3.8, 4) is 0 Å². The highest BCUT2D eigenvalue weighted by molar-refractivity contribution is 7.93. The van der Waals surface area contributed by atoms with Crippen LogP contribution in [-0.2, 0) is 20.0 Å². The molecule has 2 aromatic heterocycles. The fraction of sp³-hybridized carbons (Fsp3) is 0.125. The summed E-state index contributed by atoms with van der Waals surface area (Å²) in [7, 11) is -7.60. The van der Waals surface area contributed by atoms with E-state index < -0.39 is 20.0 Å². The number of anilines is 2. The molecule has 0 aliphatic carbocycles. The maximum absolute atomic E-state index is 12.5. The van der Waals surface area contributed by atoms with Crippen LogP contribution in [0.1, 0.15) is 11.4 Å². The Balaban J connectivity index is 1.80. The summed E-state index contributed by atoms with van der Waals surface area (Å²) in [5, 5.41) is 3.17. The molecule has 0 saturated carbocycles. The molecular formula is C16H16N4O4S3.